The fourth-order valence-corrected chi connectivity index (χ4v) is 6.43. The summed E-state index contributed by atoms with van der Waals surface area (Å²) in [5.41, 5.74) is 0.355. The van der Waals surface area contributed by atoms with E-state index in [1.807, 2.05) is 9.13 Å². The third kappa shape index (κ3) is 7.39. The van der Waals surface area contributed by atoms with Gasteiger partial charge in [0.2, 0.25) is 0 Å². The Morgan fingerprint density at radius 1 is 0.700 bits per heavy atom. The number of nitro benzene ring substituents is 2. The number of hydrogen-bond acceptors (Lipinski definition) is 10. The van der Waals surface area contributed by atoms with Crippen molar-refractivity contribution in [2.24, 2.45) is 0 Å². The van der Waals surface area contributed by atoms with E-state index >= 15 is 0 Å². The van der Waals surface area contributed by atoms with E-state index in [1.54, 1.807) is 19.1 Å². The van der Waals surface area contributed by atoms with Crippen LogP contribution in [0.2, 0.25) is 0 Å². The topological polar surface area (TPSA) is 194 Å². The van der Waals surface area contributed by atoms with Crippen molar-refractivity contribution in [2.45, 2.75) is 84.4 Å². The van der Waals surface area contributed by atoms with Crippen LogP contribution in [0.1, 0.15) is 65.2 Å². The van der Waals surface area contributed by atoms with E-state index in [9.17, 15) is 44.5 Å². The first-order chi connectivity index (χ1) is 23.9. The summed E-state index contributed by atoms with van der Waals surface area (Å²) in [6, 6.07) is 11.4. The molecule has 14 heteroatoms. The Morgan fingerprint density at radius 2 is 1.14 bits per heavy atom. The van der Waals surface area contributed by atoms with Crippen molar-refractivity contribution in [1.82, 2.24) is 9.13 Å². The molecule has 0 bridgehead atoms. The minimum absolute atomic E-state index is 0.139. The fourth-order valence-electron chi connectivity index (χ4n) is 6.43. The molecule has 5 aromatic rings. The number of unbranched alkanes of at least 4 members (excludes halogenated alkanes) is 4. The Hall–Kier alpha value is -5.50. The Labute approximate surface area is 285 Å². The lowest BCUT2D eigenvalue weighted by Gasteiger charge is -2.19. The van der Waals surface area contributed by atoms with Gasteiger partial charge in [0, 0.05) is 61.0 Å². The number of benzene rings is 3. The second-order valence-corrected chi connectivity index (χ2v) is 12.3. The first-order valence-corrected chi connectivity index (χ1v) is 16.7. The predicted molar refractivity (Wildman–Crippen MR) is 189 cm³/mol. The van der Waals surface area contributed by atoms with Crippen LogP contribution in [0.5, 0.6) is 0 Å². The Morgan fingerprint density at radius 3 is 1.56 bits per heavy atom. The number of aliphatic hydroxyl groups is 1. The highest BCUT2D eigenvalue weighted by Crippen LogP contribution is 2.30. The normalized spacial score (nSPS) is 12.1. The molecular formula is C36H38N4O10. The molecule has 1 unspecified atom stereocenters. The summed E-state index contributed by atoms with van der Waals surface area (Å²) in [6.07, 6.45) is 2.95. The molecule has 0 saturated carbocycles. The number of ketones is 1. The molecule has 5 rings (SSSR count). The lowest BCUT2D eigenvalue weighted by atomic mass is 10.0. The van der Waals surface area contributed by atoms with Crippen LogP contribution in [0.25, 0.3) is 43.6 Å². The van der Waals surface area contributed by atoms with Gasteiger partial charge in [0.1, 0.15) is 6.10 Å². The maximum absolute atomic E-state index is 14.1. The highest BCUT2D eigenvalue weighted by atomic mass is 16.6. The number of pyridine rings is 2. The highest BCUT2D eigenvalue weighted by Gasteiger charge is 2.20. The number of aryl methyl sites for hydroxylation is 2. The quantitative estimate of drug-likeness (QED) is 0.0418. The second-order valence-electron chi connectivity index (χ2n) is 12.3. The van der Waals surface area contributed by atoms with Gasteiger partial charge in [-0.05, 0) is 63.8 Å². The van der Waals surface area contributed by atoms with Gasteiger partial charge in [0.25, 0.3) is 11.4 Å². The summed E-state index contributed by atoms with van der Waals surface area (Å²) in [4.78, 5) is 74.0. The number of Topliss-reactive ketones (excluding diaryl/α,β-unsaturated/α-hetero) is 1. The molecule has 0 aliphatic carbocycles. The van der Waals surface area contributed by atoms with Crippen LogP contribution in [0.4, 0.5) is 11.4 Å². The zero-order valence-electron chi connectivity index (χ0n) is 27.9. The van der Waals surface area contributed by atoms with E-state index < -0.39 is 26.8 Å². The maximum atomic E-state index is 14.1. The summed E-state index contributed by atoms with van der Waals surface area (Å²) < 4.78 is 8.69. The Bertz CT molecular complexity index is 2270. The molecule has 0 saturated heterocycles. The van der Waals surface area contributed by atoms with Crippen molar-refractivity contribution in [3.05, 3.63) is 89.2 Å². The minimum atomic E-state index is -1.04. The molecule has 1 atom stereocenters. The van der Waals surface area contributed by atoms with E-state index in [1.165, 1.54) is 43.3 Å². The van der Waals surface area contributed by atoms with E-state index in [0.29, 0.717) is 80.3 Å². The van der Waals surface area contributed by atoms with Crippen LogP contribution in [0.15, 0.2) is 58.1 Å². The molecule has 14 nitrogen and oxygen atoms in total. The Kier molecular flexibility index (Phi) is 11.0. The number of carbonyl (C=O) groups excluding carboxylic acids is 2. The van der Waals surface area contributed by atoms with Gasteiger partial charge in [-0.3, -0.25) is 39.4 Å². The second kappa shape index (κ2) is 15.4. The van der Waals surface area contributed by atoms with Crippen LogP contribution in [0, 0.1) is 20.2 Å². The minimum Gasteiger partial charge on any atom is -0.466 e. The summed E-state index contributed by atoms with van der Waals surface area (Å²) in [7, 11) is 0. The van der Waals surface area contributed by atoms with Crippen molar-refractivity contribution in [3.8, 4) is 0 Å². The van der Waals surface area contributed by atoms with Gasteiger partial charge in [0.15, 0.2) is 16.6 Å². The highest BCUT2D eigenvalue weighted by molar-refractivity contribution is 6.04. The van der Waals surface area contributed by atoms with Gasteiger partial charge in [-0.15, -0.1) is 0 Å². The monoisotopic (exact) mass is 686 g/mol. The largest absolute Gasteiger partial charge is 0.466 e. The lowest BCUT2D eigenvalue weighted by molar-refractivity contribution is -0.384. The molecule has 3 aromatic carbocycles. The van der Waals surface area contributed by atoms with Crippen molar-refractivity contribution < 1.29 is 29.3 Å². The number of aliphatic hydroxyl groups excluding tert-OH is 1. The number of fused-ring (bicyclic) bond motifs is 4. The molecule has 2 heterocycles. The van der Waals surface area contributed by atoms with Gasteiger partial charge in [-0.2, -0.15) is 0 Å². The van der Waals surface area contributed by atoms with Gasteiger partial charge >= 0.3 is 5.97 Å². The van der Waals surface area contributed by atoms with Crippen molar-refractivity contribution in [1.29, 1.82) is 0 Å². The summed E-state index contributed by atoms with van der Waals surface area (Å²) in [5, 5.41) is 33.6. The number of carbonyl (C=O) groups is 2. The smallest absolute Gasteiger partial charge is 0.305 e. The molecule has 50 heavy (non-hydrogen) atoms. The maximum Gasteiger partial charge on any atom is 0.305 e. The average molecular weight is 687 g/mol. The van der Waals surface area contributed by atoms with Gasteiger partial charge in [-0.25, -0.2) is 0 Å². The number of aromatic nitrogens is 2. The molecule has 0 aliphatic heterocycles. The molecule has 0 amide bonds. The van der Waals surface area contributed by atoms with E-state index in [2.05, 4.69) is 0 Å². The van der Waals surface area contributed by atoms with Crippen molar-refractivity contribution in [2.75, 3.05) is 6.61 Å². The number of non-ortho nitro benzene ring substituents is 2. The van der Waals surface area contributed by atoms with Crippen LogP contribution in [-0.4, -0.2) is 48.6 Å². The third-order valence-corrected chi connectivity index (χ3v) is 8.98. The van der Waals surface area contributed by atoms with E-state index in [0.717, 1.165) is 0 Å². The molecule has 1 N–H and O–H groups in total. The molecule has 262 valence electrons. The molecule has 0 spiro atoms. The van der Waals surface area contributed by atoms with Gasteiger partial charge < -0.3 is 19.0 Å². The molecule has 0 radical (unpaired) electrons. The first kappa shape index (κ1) is 35.8. The number of ether oxygens (including phenoxy) is 1. The zero-order valence-corrected chi connectivity index (χ0v) is 27.9. The van der Waals surface area contributed by atoms with Crippen LogP contribution < -0.4 is 10.9 Å². The van der Waals surface area contributed by atoms with Gasteiger partial charge in [-0.1, -0.05) is 12.8 Å². The van der Waals surface area contributed by atoms with E-state index in [-0.39, 0.29) is 57.5 Å². The van der Waals surface area contributed by atoms with Gasteiger partial charge in [0.05, 0.1) is 49.3 Å². The van der Waals surface area contributed by atoms with Crippen LogP contribution in [0.3, 0.4) is 0 Å². The molecule has 0 fully saturated rings. The van der Waals surface area contributed by atoms with E-state index in [4.69, 9.17) is 4.74 Å². The average Bonchev–Trinajstić information content (AvgIpc) is 3.09. The number of esters is 1. The SMILES string of the molecule is CCOC(=O)CCCCCn1c2ccc([N+](=O)[O-])cc2c(=O)c2cc3c(cc21)c(=O)c1cc([N+](=O)[O-])ccc1n3CCCCCC(=O)C(C)O. The Balaban J connectivity index is 1.68. The number of hydrogen-bond donors (Lipinski definition) is 1. The molecule has 2 aromatic heterocycles. The van der Waals surface area contributed by atoms with Crippen molar-refractivity contribution >= 4 is 66.7 Å². The summed E-state index contributed by atoms with van der Waals surface area (Å²) >= 11 is 0. The zero-order chi connectivity index (χ0) is 36.1. The third-order valence-electron chi connectivity index (χ3n) is 8.98. The fraction of sp³-hybridized carbons (Fsp3) is 0.389. The summed E-state index contributed by atoms with van der Waals surface area (Å²) in [6.45, 7) is 4.18. The number of nitrogens with zero attached hydrogens (tertiary/aromatic N) is 4. The molecule has 0 aliphatic rings. The molecular weight excluding hydrogens is 648 g/mol. The number of rotatable bonds is 16. The van der Waals surface area contributed by atoms with Crippen molar-refractivity contribution in [3.63, 3.8) is 0 Å². The van der Waals surface area contributed by atoms with Crippen LogP contribution >= 0.6 is 0 Å². The standard InChI is InChI=1S/C36H38N4O10/c1-3-50-34(43)11-7-5-9-17-38-30-15-13-24(40(48)49)19-26(30)36(45)28-20-31-27(21-32(28)38)35(44)25-18-23(39(46)47)12-14-29(25)37(31)16-8-4-6-10-33(42)22(2)41/h12-15,18-22,41H,3-11,16-17H2,1-2H3. The predicted octanol–water partition coefficient (Wildman–Crippen LogP) is 6.07. The number of nitro groups is 2. The lowest BCUT2D eigenvalue weighted by Crippen LogP contribution is -2.16. The first-order valence-electron chi connectivity index (χ1n) is 16.7. The summed E-state index contributed by atoms with van der Waals surface area (Å²) in [5.74, 6) is -0.548. The van der Waals surface area contributed by atoms with Crippen LogP contribution in [-0.2, 0) is 27.4 Å².